The van der Waals surface area contributed by atoms with Crippen molar-refractivity contribution in [1.29, 1.82) is 5.26 Å². The first-order valence-electron chi connectivity index (χ1n) is 3.94. The molecule has 0 bridgehead atoms. The van der Waals surface area contributed by atoms with E-state index in [0.29, 0.717) is 5.69 Å². The molecule has 13 heavy (non-hydrogen) atoms. The third-order valence-corrected chi connectivity index (χ3v) is 1.99. The summed E-state index contributed by atoms with van der Waals surface area (Å²) in [7, 11) is 0. The van der Waals surface area contributed by atoms with Crippen LogP contribution in [0.5, 0.6) is 0 Å². The molecule has 2 heterocycles. The van der Waals surface area contributed by atoms with Crippen LogP contribution in [-0.2, 0) is 0 Å². The Kier molecular flexibility index (Phi) is 1.52. The lowest BCUT2D eigenvalue weighted by Crippen LogP contribution is -2.00. The molecule has 0 aliphatic heterocycles. The molecule has 0 aliphatic rings. The van der Waals surface area contributed by atoms with Crippen molar-refractivity contribution in [3.63, 3.8) is 0 Å². The quantitative estimate of drug-likeness (QED) is 0.600. The van der Waals surface area contributed by atoms with Crippen LogP contribution >= 0.6 is 0 Å². The van der Waals surface area contributed by atoms with E-state index in [2.05, 4.69) is 16.0 Å². The van der Waals surface area contributed by atoms with Crippen molar-refractivity contribution in [3.8, 4) is 6.07 Å². The van der Waals surface area contributed by atoms with Crippen molar-refractivity contribution in [2.24, 2.45) is 0 Å². The molecule has 0 aromatic carbocycles. The van der Waals surface area contributed by atoms with Crippen LogP contribution in [0.15, 0.2) is 12.4 Å². The number of fused-ring (bicyclic) bond motifs is 1. The molecular formula is C9H8N4. The Morgan fingerprint density at radius 1 is 1.38 bits per heavy atom. The van der Waals surface area contributed by atoms with Gasteiger partial charge in [0, 0.05) is 12.4 Å². The zero-order valence-electron chi connectivity index (χ0n) is 7.44. The third kappa shape index (κ3) is 0.975. The van der Waals surface area contributed by atoms with E-state index in [1.807, 2.05) is 13.8 Å². The van der Waals surface area contributed by atoms with Crippen LogP contribution in [0.4, 0.5) is 0 Å². The average molecular weight is 172 g/mol. The summed E-state index contributed by atoms with van der Waals surface area (Å²) in [4.78, 5) is 8.36. The van der Waals surface area contributed by atoms with E-state index in [-0.39, 0.29) is 0 Å². The van der Waals surface area contributed by atoms with Crippen LogP contribution in [0, 0.1) is 25.2 Å². The van der Waals surface area contributed by atoms with Crippen molar-refractivity contribution >= 4 is 5.65 Å². The lowest BCUT2D eigenvalue weighted by Gasteiger charge is -2.02. The lowest BCUT2D eigenvalue weighted by atomic mass is 10.3. The molecule has 2 aromatic rings. The molecular weight excluding hydrogens is 164 g/mol. The van der Waals surface area contributed by atoms with Crippen LogP contribution in [0.2, 0.25) is 0 Å². The normalized spacial score (nSPS) is 10.2. The number of hydrogen-bond donors (Lipinski definition) is 0. The number of aryl methyl sites for hydroxylation is 2. The fraction of sp³-hybridized carbons (Fsp3) is 0.222. The molecule has 0 unspecified atom stereocenters. The molecule has 2 rings (SSSR count). The first kappa shape index (κ1) is 7.74. The van der Waals surface area contributed by atoms with Gasteiger partial charge in [-0.1, -0.05) is 0 Å². The van der Waals surface area contributed by atoms with Crippen LogP contribution in [0.25, 0.3) is 5.65 Å². The highest BCUT2D eigenvalue weighted by Crippen LogP contribution is 2.11. The van der Waals surface area contributed by atoms with Crippen molar-refractivity contribution in [3.05, 3.63) is 29.5 Å². The second kappa shape index (κ2) is 2.56. The minimum absolute atomic E-state index is 0.554. The van der Waals surface area contributed by atoms with Crippen molar-refractivity contribution < 1.29 is 0 Å². The summed E-state index contributed by atoms with van der Waals surface area (Å²) in [5.41, 5.74) is 2.90. The Labute approximate surface area is 75.5 Å². The molecule has 0 radical (unpaired) electrons. The van der Waals surface area contributed by atoms with E-state index in [4.69, 9.17) is 5.26 Å². The predicted octanol–water partition coefficient (Wildman–Crippen LogP) is 1.22. The number of imidazole rings is 1. The van der Waals surface area contributed by atoms with Crippen LogP contribution in [0.3, 0.4) is 0 Å². The Morgan fingerprint density at radius 2 is 2.15 bits per heavy atom. The number of aromatic nitrogens is 3. The number of nitriles is 1. The van der Waals surface area contributed by atoms with E-state index in [1.54, 1.807) is 16.8 Å². The Morgan fingerprint density at radius 3 is 2.85 bits per heavy atom. The molecule has 64 valence electrons. The number of hydrogen-bond acceptors (Lipinski definition) is 3. The van der Waals surface area contributed by atoms with Crippen LogP contribution < -0.4 is 0 Å². The van der Waals surface area contributed by atoms with Gasteiger partial charge in [0.05, 0.1) is 11.4 Å². The van der Waals surface area contributed by atoms with Gasteiger partial charge in [-0.25, -0.2) is 4.98 Å². The summed E-state index contributed by atoms with van der Waals surface area (Å²) >= 11 is 0. The zero-order chi connectivity index (χ0) is 9.42. The average Bonchev–Trinajstić information content (AvgIpc) is 2.53. The molecule has 0 atom stereocenters. The molecule has 0 amide bonds. The molecule has 2 aromatic heterocycles. The maximum atomic E-state index is 8.89. The standard InChI is InChI=1S/C9H8N4/c1-6-8(5-10)13-4-3-11-9(13)7(2)12-6/h3-4H,1-2H3. The summed E-state index contributed by atoms with van der Waals surface area (Å²) < 4.78 is 1.76. The first-order valence-corrected chi connectivity index (χ1v) is 3.94. The highest BCUT2D eigenvalue weighted by molar-refractivity contribution is 5.48. The van der Waals surface area contributed by atoms with Crippen LogP contribution in [0.1, 0.15) is 17.1 Å². The first-order chi connectivity index (χ1) is 6.24. The van der Waals surface area contributed by atoms with E-state index in [9.17, 15) is 0 Å². The van der Waals surface area contributed by atoms with Gasteiger partial charge in [-0.3, -0.25) is 9.38 Å². The zero-order valence-corrected chi connectivity index (χ0v) is 7.44. The van der Waals surface area contributed by atoms with Crippen LogP contribution in [-0.4, -0.2) is 14.4 Å². The van der Waals surface area contributed by atoms with Gasteiger partial charge in [0.15, 0.2) is 5.65 Å². The SMILES string of the molecule is Cc1nc(C)c2nccn2c1C#N. The van der Waals surface area contributed by atoms with Gasteiger partial charge in [-0.15, -0.1) is 0 Å². The van der Waals surface area contributed by atoms with E-state index in [1.165, 1.54) is 0 Å². The largest absolute Gasteiger partial charge is 0.288 e. The monoisotopic (exact) mass is 172 g/mol. The molecule has 0 spiro atoms. The third-order valence-electron chi connectivity index (χ3n) is 1.99. The topological polar surface area (TPSA) is 54.0 Å². The van der Waals surface area contributed by atoms with E-state index >= 15 is 0 Å². The van der Waals surface area contributed by atoms with Gasteiger partial charge in [-0.05, 0) is 13.8 Å². The Balaban J connectivity index is 2.99. The van der Waals surface area contributed by atoms with Gasteiger partial charge in [-0.2, -0.15) is 5.26 Å². The smallest absolute Gasteiger partial charge is 0.159 e. The molecule has 0 saturated carbocycles. The fourth-order valence-electron chi connectivity index (χ4n) is 1.42. The Hall–Kier alpha value is -1.89. The summed E-state index contributed by atoms with van der Waals surface area (Å²) in [6, 6.07) is 2.11. The van der Waals surface area contributed by atoms with Crippen molar-refractivity contribution in [2.75, 3.05) is 0 Å². The maximum absolute atomic E-state index is 8.89. The Bertz CT molecular complexity index is 504. The summed E-state index contributed by atoms with van der Waals surface area (Å²) in [5, 5.41) is 8.89. The molecule has 0 N–H and O–H groups in total. The predicted molar refractivity (Wildman–Crippen MR) is 47.2 cm³/mol. The van der Waals surface area contributed by atoms with Gasteiger partial charge in [0.2, 0.25) is 0 Å². The molecule has 4 nitrogen and oxygen atoms in total. The van der Waals surface area contributed by atoms with E-state index in [0.717, 1.165) is 17.0 Å². The van der Waals surface area contributed by atoms with Gasteiger partial charge < -0.3 is 0 Å². The highest BCUT2D eigenvalue weighted by atomic mass is 15.0. The lowest BCUT2D eigenvalue weighted by molar-refractivity contribution is 1.00. The molecule has 0 aliphatic carbocycles. The van der Waals surface area contributed by atoms with Gasteiger partial charge >= 0.3 is 0 Å². The molecule has 0 saturated heterocycles. The summed E-state index contributed by atoms with van der Waals surface area (Å²) in [6.07, 6.45) is 3.44. The second-order valence-electron chi connectivity index (χ2n) is 2.86. The van der Waals surface area contributed by atoms with Crippen molar-refractivity contribution in [1.82, 2.24) is 14.4 Å². The minimum Gasteiger partial charge on any atom is -0.288 e. The maximum Gasteiger partial charge on any atom is 0.159 e. The fourth-order valence-corrected chi connectivity index (χ4v) is 1.42. The summed E-state index contributed by atoms with van der Waals surface area (Å²) in [5.74, 6) is 0. The highest BCUT2D eigenvalue weighted by Gasteiger charge is 2.07. The van der Waals surface area contributed by atoms with Gasteiger partial charge in [0.25, 0.3) is 0 Å². The minimum atomic E-state index is 0.554. The number of rotatable bonds is 0. The second-order valence-corrected chi connectivity index (χ2v) is 2.86. The van der Waals surface area contributed by atoms with Gasteiger partial charge in [0.1, 0.15) is 11.8 Å². The number of nitrogens with zero attached hydrogens (tertiary/aromatic N) is 4. The van der Waals surface area contributed by atoms with Crippen molar-refractivity contribution in [2.45, 2.75) is 13.8 Å². The molecule has 4 heteroatoms. The van der Waals surface area contributed by atoms with E-state index < -0.39 is 0 Å². The summed E-state index contributed by atoms with van der Waals surface area (Å²) in [6.45, 7) is 3.71. The molecule has 0 fully saturated rings.